The van der Waals surface area contributed by atoms with Crippen LogP contribution >= 0.6 is 0 Å². The summed E-state index contributed by atoms with van der Waals surface area (Å²) in [6.07, 6.45) is 7.08. The number of carbonyl (C=O) groups is 1. The van der Waals surface area contributed by atoms with E-state index in [1.165, 1.54) is 30.4 Å². The van der Waals surface area contributed by atoms with Gasteiger partial charge in [-0.15, -0.1) is 0 Å². The first kappa shape index (κ1) is 15.0. The van der Waals surface area contributed by atoms with Gasteiger partial charge in [0.05, 0.1) is 6.54 Å². The number of carboxylic acid groups (broad SMARTS) is 1. The third-order valence-corrected chi connectivity index (χ3v) is 4.25. The van der Waals surface area contributed by atoms with Crippen LogP contribution in [0.3, 0.4) is 0 Å². The molecular weight excluding hydrogens is 250 g/mol. The predicted molar refractivity (Wildman–Crippen MR) is 80.7 cm³/mol. The number of hydrogen-bond donors (Lipinski definition) is 1. The normalized spacial score (nSPS) is 16.5. The average molecular weight is 275 g/mol. The van der Waals surface area contributed by atoms with Crippen LogP contribution in [0.4, 0.5) is 0 Å². The van der Waals surface area contributed by atoms with E-state index >= 15 is 0 Å². The molecule has 0 radical (unpaired) electrons. The molecule has 0 spiro atoms. The lowest BCUT2D eigenvalue weighted by Crippen LogP contribution is -2.39. The van der Waals surface area contributed by atoms with Crippen molar-refractivity contribution < 1.29 is 9.90 Å². The van der Waals surface area contributed by atoms with Crippen LogP contribution in [0.25, 0.3) is 0 Å². The molecule has 1 N–H and O–H groups in total. The van der Waals surface area contributed by atoms with Gasteiger partial charge in [-0.25, -0.2) is 0 Å². The Hall–Kier alpha value is -1.35. The van der Waals surface area contributed by atoms with Gasteiger partial charge in [0.1, 0.15) is 0 Å². The first-order valence-electron chi connectivity index (χ1n) is 7.72. The second-order valence-corrected chi connectivity index (χ2v) is 5.76. The van der Waals surface area contributed by atoms with Gasteiger partial charge in [-0.05, 0) is 30.4 Å². The minimum Gasteiger partial charge on any atom is -0.480 e. The Morgan fingerprint density at radius 3 is 2.30 bits per heavy atom. The SMILES string of the molecule is CCc1ccc(CN(CC(=O)O)C2CCCCC2)cc1. The van der Waals surface area contributed by atoms with Crippen molar-refractivity contribution >= 4 is 5.97 Å². The molecule has 1 aromatic rings. The highest BCUT2D eigenvalue weighted by Gasteiger charge is 2.22. The van der Waals surface area contributed by atoms with Gasteiger partial charge in [-0.3, -0.25) is 9.69 Å². The monoisotopic (exact) mass is 275 g/mol. The van der Waals surface area contributed by atoms with Gasteiger partial charge in [-0.2, -0.15) is 0 Å². The Morgan fingerprint density at radius 2 is 1.75 bits per heavy atom. The maximum atomic E-state index is 11.1. The Kier molecular flexibility index (Phi) is 5.60. The Morgan fingerprint density at radius 1 is 1.15 bits per heavy atom. The van der Waals surface area contributed by atoms with E-state index in [0.29, 0.717) is 6.04 Å². The van der Waals surface area contributed by atoms with Crippen molar-refractivity contribution in [2.45, 2.75) is 58.0 Å². The van der Waals surface area contributed by atoms with Crippen molar-refractivity contribution in [2.75, 3.05) is 6.54 Å². The topological polar surface area (TPSA) is 40.5 Å². The minimum atomic E-state index is -0.722. The third kappa shape index (κ3) is 4.34. The molecule has 2 rings (SSSR count). The van der Waals surface area contributed by atoms with Crippen molar-refractivity contribution in [3.8, 4) is 0 Å². The molecule has 0 saturated heterocycles. The highest BCUT2D eigenvalue weighted by Crippen LogP contribution is 2.24. The van der Waals surface area contributed by atoms with Crippen molar-refractivity contribution in [3.63, 3.8) is 0 Å². The number of benzene rings is 1. The number of aliphatic carboxylic acids is 1. The molecule has 20 heavy (non-hydrogen) atoms. The molecule has 0 bridgehead atoms. The van der Waals surface area contributed by atoms with E-state index in [4.69, 9.17) is 5.11 Å². The quantitative estimate of drug-likeness (QED) is 0.864. The maximum absolute atomic E-state index is 11.1. The van der Waals surface area contributed by atoms with Crippen LogP contribution in [-0.2, 0) is 17.8 Å². The Balaban J connectivity index is 2.03. The highest BCUT2D eigenvalue weighted by molar-refractivity contribution is 5.69. The summed E-state index contributed by atoms with van der Waals surface area (Å²) in [5.41, 5.74) is 2.55. The number of aryl methyl sites for hydroxylation is 1. The summed E-state index contributed by atoms with van der Waals surface area (Å²) < 4.78 is 0. The number of rotatable bonds is 6. The zero-order valence-corrected chi connectivity index (χ0v) is 12.3. The molecule has 0 heterocycles. The van der Waals surface area contributed by atoms with Crippen LogP contribution in [0.15, 0.2) is 24.3 Å². The zero-order valence-electron chi connectivity index (χ0n) is 12.3. The molecule has 0 unspecified atom stereocenters. The molecule has 1 fully saturated rings. The van der Waals surface area contributed by atoms with Crippen molar-refractivity contribution in [1.29, 1.82) is 0 Å². The minimum absolute atomic E-state index is 0.153. The summed E-state index contributed by atoms with van der Waals surface area (Å²) in [6, 6.07) is 9.00. The van der Waals surface area contributed by atoms with E-state index in [0.717, 1.165) is 25.8 Å². The van der Waals surface area contributed by atoms with Gasteiger partial charge < -0.3 is 5.11 Å². The van der Waals surface area contributed by atoms with E-state index in [9.17, 15) is 4.79 Å². The average Bonchev–Trinajstić information content (AvgIpc) is 2.48. The van der Waals surface area contributed by atoms with Crippen LogP contribution in [0.1, 0.15) is 50.2 Å². The second-order valence-electron chi connectivity index (χ2n) is 5.76. The van der Waals surface area contributed by atoms with Crippen LogP contribution < -0.4 is 0 Å². The van der Waals surface area contributed by atoms with Gasteiger partial charge in [0, 0.05) is 12.6 Å². The zero-order chi connectivity index (χ0) is 14.4. The van der Waals surface area contributed by atoms with Crippen molar-refractivity contribution in [3.05, 3.63) is 35.4 Å². The summed E-state index contributed by atoms with van der Waals surface area (Å²) >= 11 is 0. The van der Waals surface area contributed by atoms with E-state index in [1.807, 2.05) is 0 Å². The molecule has 3 heteroatoms. The fraction of sp³-hybridized carbons (Fsp3) is 0.588. The number of nitrogens with zero attached hydrogens (tertiary/aromatic N) is 1. The second kappa shape index (κ2) is 7.44. The molecule has 0 amide bonds. The molecule has 1 saturated carbocycles. The van der Waals surface area contributed by atoms with E-state index < -0.39 is 5.97 Å². The maximum Gasteiger partial charge on any atom is 0.317 e. The molecule has 1 aliphatic carbocycles. The highest BCUT2D eigenvalue weighted by atomic mass is 16.4. The molecule has 0 aliphatic heterocycles. The fourth-order valence-electron chi connectivity index (χ4n) is 3.05. The lowest BCUT2D eigenvalue weighted by Gasteiger charge is -2.33. The van der Waals surface area contributed by atoms with Crippen molar-refractivity contribution in [1.82, 2.24) is 4.90 Å². The van der Waals surface area contributed by atoms with Crippen molar-refractivity contribution in [2.24, 2.45) is 0 Å². The molecule has 0 atom stereocenters. The summed E-state index contributed by atoms with van der Waals surface area (Å²) in [6.45, 7) is 3.05. The Bertz CT molecular complexity index is 421. The fourth-order valence-corrected chi connectivity index (χ4v) is 3.05. The lowest BCUT2D eigenvalue weighted by molar-refractivity contribution is -0.139. The molecule has 0 aromatic heterocycles. The van der Waals surface area contributed by atoms with Gasteiger partial charge in [0.25, 0.3) is 0 Å². The lowest BCUT2D eigenvalue weighted by atomic mass is 9.93. The number of hydrogen-bond acceptors (Lipinski definition) is 2. The summed E-state index contributed by atoms with van der Waals surface area (Å²) in [5.74, 6) is -0.722. The summed E-state index contributed by atoms with van der Waals surface area (Å²) in [4.78, 5) is 13.2. The summed E-state index contributed by atoms with van der Waals surface area (Å²) in [5, 5.41) is 9.13. The van der Waals surface area contributed by atoms with Crippen LogP contribution in [0.5, 0.6) is 0 Å². The Labute approximate surface area is 121 Å². The first-order chi connectivity index (χ1) is 9.69. The predicted octanol–water partition coefficient (Wildman–Crippen LogP) is 3.47. The molecule has 3 nitrogen and oxygen atoms in total. The molecule has 1 aliphatic rings. The van der Waals surface area contributed by atoms with Gasteiger partial charge in [-0.1, -0.05) is 50.5 Å². The number of carboxylic acids is 1. The molecule has 110 valence electrons. The van der Waals surface area contributed by atoms with E-state index in [-0.39, 0.29) is 6.54 Å². The van der Waals surface area contributed by atoms with Gasteiger partial charge in [0.2, 0.25) is 0 Å². The first-order valence-corrected chi connectivity index (χ1v) is 7.72. The standard InChI is InChI=1S/C17H25NO2/c1-2-14-8-10-15(11-9-14)12-18(13-17(19)20)16-6-4-3-5-7-16/h8-11,16H,2-7,12-13H2,1H3,(H,19,20). The van der Waals surface area contributed by atoms with Crippen LogP contribution in [0.2, 0.25) is 0 Å². The molecule has 1 aromatic carbocycles. The van der Waals surface area contributed by atoms with E-state index in [1.54, 1.807) is 0 Å². The van der Waals surface area contributed by atoms with Gasteiger partial charge >= 0.3 is 5.97 Å². The van der Waals surface area contributed by atoms with E-state index in [2.05, 4.69) is 36.1 Å². The van der Waals surface area contributed by atoms with Crippen LogP contribution in [0, 0.1) is 0 Å². The molecular formula is C17H25NO2. The van der Waals surface area contributed by atoms with Gasteiger partial charge in [0.15, 0.2) is 0 Å². The summed E-state index contributed by atoms with van der Waals surface area (Å²) in [7, 11) is 0. The third-order valence-electron chi connectivity index (χ3n) is 4.25. The smallest absolute Gasteiger partial charge is 0.317 e. The van der Waals surface area contributed by atoms with Crippen LogP contribution in [-0.4, -0.2) is 28.6 Å². The largest absolute Gasteiger partial charge is 0.480 e.